The van der Waals surface area contributed by atoms with Gasteiger partial charge in [-0.15, -0.1) is 0 Å². The Balaban J connectivity index is 2.16. The number of rotatable bonds is 7. The summed E-state index contributed by atoms with van der Waals surface area (Å²) in [6, 6.07) is 5.85. The summed E-state index contributed by atoms with van der Waals surface area (Å²) in [5.41, 5.74) is 1.79. The van der Waals surface area contributed by atoms with E-state index < -0.39 is 10.3 Å². The zero-order valence-corrected chi connectivity index (χ0v) is 14.9. The molecule has 0 spiro atoms. The number of benzene rings is 1. The molecule has 0 amide bonds. The van der Waals surface area contributed by atoms with Crippen LogP contribution < -0.4 is 4.74 Å². The van der Waals surface area contributed by atoms with Crippen LogP contribution in [0, 0.1) is 0 Å². The van der Waals surface area contributed by atoms with E-state index in [1.807, 2.05) is 25.1 Å². The topological polar surface area (TPSA) is 76.1 Å². The number of ether oxygens (including phenoxy) is 2. The highest BCUT2D eigenvalue weighted by Gasteiger charge is 2.42. The van der Waals surface area contributed by atoms with Crippen molar-refractivity contribution in [3.63, 3.8) is 0 Å². The van der Waals surface area contributed by atoms with Crippen LogP contribution in [0.25, 0.3) is 0 Å². The Hall–Kier alpha value is -1.15. The maximum absolute atomic E-state index is 11.2. The molecular weight excluding hydrogens is 318 g/mol. The molecule has 0 fully saturated rings. The molecule has 1 aliphatic heterocycles. The van der Waals surface area contributed by atoms with Crippen molar-refractivity contribution < 1.29 is 22.4 Å². The van der Waals surface area contributed by atoms with Crippen LogP contribution in [-0.4, -0.2) is 43.3 Å². The van der Waals surface area contributed by atoms with Gasteiger partial charge in [0.1, 0.15) is 5.75 Å². The Labute approximate surface area is 138 Å². The van der Waals surface area contributed by atoms with Crippen LogP contribution in [0.15, 0.2) is 18.2 Å². The molecule has 23 heavy (non-hydrogen) atoms. The van der Waals surface area contributed by atoms with Crippen LogP contribution in [0.3, 0.4) is 0 Å². The Morgan fingerprint density at radius 3 is 2.61 bits per heavy atom. The SMILES string of the molecule is CCOC1Oc2ccc(CCN(CC)S(=O)(=O)O)cc2C1(C)C. The lowest BCUT2D eigenvalue weighted by molar-refractivity contribution is -0.0981. The van der Waals surface area contributed by atoms with Crippen molar-refractivity contribution in [2.24, 2.45) is 0 Å². The second kappa shape index (κ2) is 6.76. The quantitative estimate of drug-likeness (QED) is 0.769. The first-order valence-corrected chi connectivity index (χ1v) is 9.24. The Morgan fingerprint density at radius 2 is 2.04 bits per heavy atom. The third-order valence-electron chi connectivity index (χ3n) is 4.21. The molecule has 1 aromatic rings. The van der Waals surface area contributed by atoms with Gasteiger partial charge in [-0.1, -0.05) is 19.1 Å². The third-order valence-corrected chi connectivity index (χ3v) is 5.30. The highest BCUT2D eigenvalue weighted by atomic mass is 32.2. The fourth-order valence-corrected chi connectivity index (χ4v) is 3.46. The Kier molecular flexibility index (Phi) is 5.35. The van der Waals surface area contributed by atoms with Gasteiger partial charge in [0.25, 0.3) is 0 Å². The number of fused-ring (bicyclic) bond motifs is 1. The van der Waals surface area contributed by atoms with Crippen molar-refractivity contribution >= 4 is 10.3 Å². The predicted molar refractivity (Wildman–Crippen MR) is 88.0 cm³/mol. The molecular formula is C16H25NO5S. The van der Waals surface area contributed by atoms with Gasteiger partial charge in [0.2, 0.25) is 6.29 Å². The second-order valence-electron chi connectivity index (χ2n) is 6.18. The van der Waals surface area contributed by atoms with Crippen LogP contribution in [0.1, 0.15) is 38.8 Å². The van der Waals surface area contributed by atoms with E-state index in [4.69, 9.17) is 14.0 Å². The van der Waals surface area contributed by atoms with E-state index in [9.17, 15) is 8.42 Å². The molecule has 1 aliphatic rings. The molecule has 1 atom stereocenters. The van der Waals surface area contributed by atoms with Gasteiger partial charge in [0.05, 0.1) is 5.41 Å². The molecule has 1 heterocycles. The van der Waals surface area contributed by atoms with E-state index in [0.717, 1.165) is 21.2 Å². The van der Waals surface area contributed by atoms with Gasteiger partial charge in [-0.3, -0.25) is 4.55 Å². The first kappa shape index (κ1) is 18.2. The van der Waals surface area contributed by atoms with Crippen LogP contribution >= 0.6 is 0 Å². The monoisotopic (exact) mass is 343 g/mol. The van der Waals surface area contributed by atoms with E-state index in [-0.39, 0.29) is 24.8 Å². The van der Waals surface area contributed by atoms with Gasteiger partial charge in [-0.2, -0.15) is 12.7 Å². The van der Waals surface area contributed by atoms with E-state index in [0.29, 0.717) is 13.0 Å². The third kappa shape index (κ3) is 3.85. The maximum Gasteiger partial charge on any atom is 0.335 e. The second-order valence-corrected chi connectivity index (χ2v) is 7.59. The minimum absolute atomic E-state index is 0.240. The predicted octanol–water partition coefficient (Wildman–Crippen LogP) is 2.39. The van der Waals surface area contributed by atoms with Gasteiger partial charge < -0.3 is 9.47 Å². The average Bonchev–Trinajstić information content (AvgIpc) is 2.70. The minimum Gasteiger partial charge on any atom is -0.464 e. The molecule has 1 N–H and O–H groups in total. The zero-order valence-electron chi connectivity index (χ0n) is 14.1. The smallest absolute Gasteiger partial charge is 0.335 e. The number of hydrogen-bond acceptors (Lipinski definition) is 4. The largest absolute Gasteiger partial charge is 0.464 e. The molecule has 1 unspecified atom stereocenters. The van der Waals surface area contributed by atoms with E-state index in [1.165, 1.54) is 0 Å². The van der Waals surface area contributed by atoms with Gasteiger partial charge in [-0.25, -0.2) is 0 Å². The minimum atomic E-state index is -4.15. The normalized spacial score (nSPS) is 19.7. The molecule has 0 aliphatic carbocycles. The molecule has 0 bridgehead atoms. The van der Waals surface area contributed by atoms with E-state index in [1.54, 1.807) is 6.92 Å². The number of nitrogens with zero attached hydrogens (tertiary/aromatic N) is 1. The zero-order chi connectivity index (χ0) is 17.3. The lowest BCUT2D eigenvalue weighted by Gasteiger charge is -2.25. The molecule has 0 radical (unpaired) electrons. The van der Waals surface area contributed by atoms with E-state index >= 15 is 0 Å². The first-order chi connectivity index (χ1) is 10.7. The highest BCUT2D eigenvalue weighted by Crippen LogP contribution is 2.43. The summed E-state index contributed by atoms with van der Waals surface area (Å²) < 4.78 is 44.2. The van der Waals surface area contributed by atoms with Gasteiger partial charge >= 0.3 is 10.3 Å². The molecule has 0 saturated heterocycles. The molecule has 6 nitrogen and oxygen atoms in total. The van der Waals surface area contributed by atoms with Gasteiger partial charge in [-0.05, 0) is 38.8 Å². The standard InChI is InChI=1S/C16H25NO5S/c1-5-17(23(18,19)20)10-9-12-7-8-14-13(11-12)16(3,4)15(22-14)21-6-2/h7-8,11,15H,5-6,9-10H2,1-4H3,(H,18,19,20). The fourth-order valence-electron chi connectivity index (χ4n) is 2.81. The Bertz CT molecular complexity index is 656. The number of likely N-dealkylation sites (N-methyl/N-ethyl adjacent to an activating group) is 1. The van der Waals surface area contributed by atoms with Crippen molar-refractivity contribution in [3.8, 4) is 5.75 Å². The summed E-state index contributed by atoms with van der Waals surface area (Å²) in [5, 5.41) is 0. The van der Waals surface area contributed by atoms with Crippen molar-refractivity contribution in [2.75, 3.05) is 19.7 Å². The van der Waals surface area contributed by atoms with Crippen molar-refractivity contribution in [2.45, 2.75) is 45.8 Å². The first-order valence-electron chi connectivity index (χ1n) is 7.84. The van der Waals surface area contributed by atoms with Crippen LogP contribution in [-0.2, 0) is 26.9 Å². The summed E-state index contributed by atoms with van der Waals surface area (Å²) in [7, 11) is -4.15. The maximum atomic E-state index is 11.2. The molecule has 0 aromatic heterocycles. The number of hydrogen-bond donors (Lipinski definition) is 1. The van der Waals surface area contributed by atoms with Crippen molar-refractivity contribution in [1.29, 1.82) is 0 Å². The molecule has 0 saturated carbocycles. The summed E-state index contributed by atoms with van der Waals surface area (Å²) in [6.45, 7) is 8.82. The van der Waals surface area contributed by atoms with Crippen LogP contribution in [0.5, 0.6) is 5.75 Å². The van der Waals surface area contributed by atoms with Gasteiger partial charge in [0, 0.05) is 25.3 Å². The summed E-state index contributed by atoms with van der Waals surface area (Å²) in [4.78, 5) is 0. The Morgan fingerprint density at radius 1 is 1.35 bits per heavy atom. The highest BCUT2D eigenvalue weighted by molar-refractivity contribution is 7.83. The van der Waals surface area contributed by atoms with Crippen LogP contribution in [0.4, 0.5) is 0 Å². The lowest BCUT2D eigenvalue weighted by atomic mass is 9.84. The van der Waals surface area contributed by atoms with Gasteiger partial charge in [0.15, 0.2) is 0 Å². The summed E-state index contributed by atoms with van der Waals surface area (Å²) in [5.74, 6) is 0.805. The summed E-state index contributed by atoms with van der Waals surface area (Å²) >= 11 is 0. The average molecular weight is 343 g/mol. The van der Waals surface area contributed by atoms with Crippen molar-refractivity contribution in [3.05, 3.63) is 29.3 Å². The fraction of sp³-hybridized carbons (Fsp3) is 0.625. The van der Waals surface area contributed by atoms with E-state index in [2.05, 4.69) is 13.8 Å². The molecule has 130 valence electrons. The summed E-state index contributed by atoms with van der Waals surface area (Å²) in [6.07, 6.45) is 0.207. The molecule has 7 heteroatoms. The van der Waals surface area contributed by atoms with Crippen molar-refractivity contribution in [1.82, 2.24) is 4.31 Å². The lowest BCUT2D eigenvalue weighted by Crippen LogP contribution is -2.34. The molecule has 2 rings (SSSR count). The van der Waals surface area contributed by atoms with Crippen LogP contribution in [0.2, 0.25) is 0 Å². The molecule has 1 aromatic carbocycles.